The first-order valence-electron chi connectivity index (χ1n) is 14.4. The molecule has 2 saturated carbocycles. The molecular formula is C33H26Cl2N2O7S. The second kappa shape index (κ2) is 10.8. The van der Waals surface area contributed by atoms with Crippen molar-refractivity contribution in [2.24, 2.45) is 35.5 Å². The van der Waals surface area contributed by atoms with Crippen molar-refractivity contribution in [2.75, 3.05) is 6.54 Å². The lowest BCUT2D eigenvalue weighted by atomic mass is 9.63. The number of benzene rings is 3. The number of carbonyl (C=O) groups excluding carboxylic acids is 4. The van der Waals surface area contributed by atoms with Crippen LogP contribution in [0.3, 0.4) is 0 Å². The molecule has 3 amide bonds. The van der Waals surface area contributed by atoms with Crippen molar-refractivity contribution >= 4 is 56.8 Å². The lowest BCUT2D eigenvalue weighted by molar-refractivity contribution is -0.154. The third-order valence-corrected chi connectivity index (χ3v) is 11.3. The largest absolute Gasteiger partial charge is 0.379 e. The van der Waals surface area contributed by atoms with Crippen LogP contribution in [0.25, 0.3) is 0 Å². The van der Waals surface area contributed by atoms with Crippen LogP contribution in [0.4, 0.5) is 0 Å². The number of hydrazine groups is 1. The van der Waals surface area contributed by atoms with Crippen molar-refractivity contribution in [3.63, 3.8) is 0 Å². The van der Waals surface area contributed by atoms with E-state index < -0.39 is 52.0 Å². The summed E-state index contributed by atoms with van der Waals surface area (Å²) in [6.07, 6.45) is 5.02. The summed E-state index contributed by atoms with van der Waals surface area (Å²) in [5, 5.41) is 2.05. The molecule has 4 aliphatic carbocycles. The van der Waals surface area contributed by atoms with Gasteiger partial charge in [0.1, 0.15) is 17.2 Å². The quantitative estimate of drug-likeness (QED) is 0.138. The zero-order valence-electron chi connectivity index (χ0n) is 23.8. The Morgan fingerprint density at radius 2 is 1.42 bits per heavy atom. The number of nitrogens with zero attached hydrogens (tertiary/aromatic N) is 2. The fraction of sp³-hybridized carbons (Fsp3) is 0.273. The number of imide groups is 1. The van der Waals surface area contributed by atoms with E-state index in [9.17, 15) is 27.6 Å². The summed E-state index contributed by atoms with van der Waals surface area (Å²) in [6.45, 7) is 1.20. The zero-order chi connectivity index (χ0) is 31.8. The molecular weight excluding hydrogens is 639 g/mol. The van der Waals surface area contributed by atoms with Crippen LogP contribution >= 0.6 is 23.2 Å². The Morgan fingerprint density at radius 3 is 2.00 bits per heavy atom. The van der Waals surface area contributed by atoms with Gasteiger partial charge in [-0.05, 0) is 91.6 Å². The molecule has 2 bridgehead atoms. The molecule has 5 aliphatic rings. The maximum absolute atomic E-state index is 13.9. The Hall–Kier alpha value is -3.99. The number of rotatable bonds is 8. The van der Waals surface area contributed by atoms with E-state index in [-0.39, 0.29) is 43.7 Å². The van der Waals surface area contributed by atoms with Gasteiger partial charge in [0.25, 0.3) is 17.7 Å². The Balaban J connectivity index is 1.16. The fourth-order valence-electron chi connectivity index (χ4n) is 6.99. The molecule has 3 fully saturated rings. The van der Waals surface area contributed by atoms with Gasteiger partial charge in [0.2, 0.25) is 0 Å². The molecule has 3 aromatic rings. The number of carbonyl (C=O) groups is 4. The standard InChI is InChI=1S/C33H26Cl2N2O7S/c1-17-2-9-21(10-3-17)45(42,43)44-20-7-4-18(5-8-20)28(38)16-36(31(39)19-6-13-26(34)27(35)14-19)37-32(40)29-22-11-12-23(25-15-24(22)25)30(29)33(37)41/h2-14,22-25,29-30H,15-16H2,1H3/t22-,23-,24-,25+,29-,30+/m0/s1. The fourth-order valence-corrected chi connectivity index (χ4v) is 8.22. The minimum atomic E-state index is -4.11. The second-order valence-corrected chi connectivity index (χ2v) is 14.3. The number of amides is 3. The van der Waals surface area contributed by atoms with Crippen LogP contribution in [0.2, 0.25) is 10.0 Å². The molecule has 1 heterocycles. The molecule has 0 aromatic heterocycles. The van der Waals surface area contributed by atoms with Gasteiger partial charge in [-0.25, -0.2) is 5.01 Å². The molecule has 9 nitrogen and oxygen atoms in total. The van der Waals surface area contributed by atoms with Gasteiger partial charge in [-0.1, -0.05) is 53.1 Å². The monoisotopic (exact) mass is 664 g/mol. The normalized spacial score (nSPS) is 26.0. The third-order valence-electron chi connectivity index (χ3n) is 9.27. The highest BCUT2D eigenvalue weighted by Crippen LogP contribution is 2.65. The molecule has 0 N–H and O–H groups in total. The van der Waals surface area contributed by atoms with Gasteiger partial charge in [0, 0.05) is 11.1 Å². The Bertz CT molecular complexity index is 1870. The lowest BCUT2D eigenvalue weighted by Gasteiger charge is -2.37. The van der Waals surface area contributed by atoms with Gasteiger partial charge in [-0.2, -0.15) is 13.4 Å². The lowest BCUT2D eigenvalue weighted by Crippen LogP contribution is -2.52. The van der Waals surface area contributed by atoms with Gasteiger partial charge >= 0.3 is 10.1 Å². The van der Waals surface area contributed by atoms with E-state index in [1.54, 1.807) is 12.1 Å². The molecule has 1 saturated heterocycles. The van der Waals surface area contributed by atoms with E-state index in [2.05, 4.69) is 0 Å². The predicted molar refractivity (Wildman–Crippen MR) is 164 cm³/mol. The van der Waals surface area contributed by atoms with Crippen molar-refractivity contribution in [3.05, 3.63) is 106 Å². The third kappa shape index (κ3) is 5.05. The number of ketones is 1. The summed E-state index contributed by atoms with van der Waals surface area (Å²) in [5.41, 5.74) is 1.04. The van der Waals surface area contributed by atoms with E-state index in [0.717, 1.165) is 22.0 Å². The molecule has 45 heavy (non-hydrogen) atoms. The maximum atomic E-state index is 13.9. The summed E-state index contributed by atoms with van der Waals surface area (Å²) in [4.78, 5) is 55.2. The van der Waals surface area contributed by atoms with Crippen molar-refractivity contribution in [1.29, 1.82) is 0 Å². The van der Waals surface area contributed by atoms with Crippen LogP contribution in [-0.4, -0.2) is 48.5 Å². The van der Waals surface area contributed by atoms with Crippen molar-refractivity contribution in [1.82, 2.24) is 10.0 Å². The van der Waals surface area contributed by atoms with Gasteiger partial charge < -0.3 is 4.18 Å². The van der Waals surface area contributed by atoms with Crippen molar-refractivity contribution in [3.8, 4) is 5.75 Å². The minimum Gasteiger partial charge on any atom is -0.379 e. The van der Waals surface area contributed by atoms with E-state index in [4.69, 9.17) is 27.4 Å². The van der Waals surface area contributed by atoms with Crippen LogP contribution < -0.4 is 4.18 Å². The summed E-state index contributed by atoms with van der Waals surface area (Å²) in [5.74, 6) is -2.98. The predicted octanol–water partition coefficient (Wildman–Crippen LogP) is 5.36. The first-order chi connectivity index (χ1) is 21.4. The number of hydrogen-bond acceptors (Lipinski definition) is 7. The minimum absolute atomic E-state index is 0.0219. The summed E-state index contributed by atoms with van der Waals surface area (Å²) in [7, 11) is -4.11. The first-order valence-corrected chi connectivity index (χ1v) is 16.6. The van der Waals surface area contributed by atoms with E-state index in [1.807, 2.05) is 19.1 Å². The smallest absolute Gasteiger partial charge is 0.339 e. The van der Waals surface area contributed by atoms with Gasteiger partial charge in [0.15, 0.2) is 5.78 Å². The maximum Gasteiger partial charge on any atom is 0.339 e. The number of hydrogen-bond donors (Lipinski definition) is 0. The molecule has 1 aliphatic heterocycles. The van der Waals surface area contributed by atoms with Gasteiger partial charge in [-0.3, -0.25) is 19.2 Å². The summed E-state index contributed by atoms with van der Waals surface area (Å²) < 4.78 is 30.6. The molecule has 3 aromatic carbocycles. The van der Waals surface area contributed by atoms with Crippen molar-refractivity contribution in [2.45, 2.75) is 18.2 Å². The van der Waals surface area contributed by atoms with Gasteiger partial charge in [-0.15, -0.1) is 0 Å². The van der Waals surface area contributed by atoms with Crippen LogP contribution in [0.1, 0.15) is 32.7 Å². The highest BCUT2D eigenvalue weighted by molar-refractivity contribution is 7.87. The number of Topliss-reactive ketones (excluding diaryl/α,β-unsaturated/α-hetero) is 1. The molecule has 6 atom stereocenters. The van der Waals surface area contributed by atoms with Crippen molar-refractivity contribution < 1.29 is 31.8 Å². The number of allylic oxidation sites excluding steroid dienone is 2. The van der Waals surface area contributed by atoms with E-state index in [1.165, 1.54) is 54.6 Å². The number of halogens is 2. The topological polar surface area (TPSA) is 118 Å². The van der Waals surface area contributed by atoms with Crippen LogP contribution in [0.5, 0.6) is 5.75 Å². The SMILES string of the molecule is Cc1ccc(S(=O)(=O)Oc2ccc(C(=O)CN(C(=O)c3ccc(Cl)c(Cl)c3)N3C(=O)[C@@H]4[C@H]5C=C[C@@H]([C@@H]6C[C@H]56)[C@@H]4C3=O)cc2)cc1. The molecule has 12 heteroatoms. The van der Waals surface area contributed by atoms with Crippen LogP contribution in [0, 0.1) is 42.4 Å². The average molecular weight is 666 g/mol. The highest BCUT2D eigenvalue weighted by Gasteiger charge is 2.68. The number of aryl methyl sites for hydroxylation is 1. The Kier molecular flexibility index (Phi) is 7.14. The first kappa shape index (κ1) is 29.7. The Labute approximate surface area is 269 Å². The van der Waals surface area contributed by atoms with Crippen LogP contribution in [0.15, 0.2) is 83.8 Å². The molecule has 0 radical (unpaired) electrons. The molecule has 230 valence electrons. The highest BCUT2D eigenvalue weighted by atomic mass is 35.5. The van der Waals surface area contributed by atoms with E-state index >= 15 is 0 Å². The van der Waals surface area contributed by atoms with Gasteiger partial charge in [0.05, 0.1) is 21.9 Å². The second-order valence-electron chi connectivity index (χ2n) is 11.9. The Morgan fingerprint density at radius 1 is 0.844 bits per heavy atom. The van der Waals surface area contributed by atoms with Crippen LogP contribution in [-0.2, 0) is 19.7 Å². The molecule has 0 unspecified atom stereocenters. The zero-order valence-corrected chi connectivity index (χ0v) is 26.1. The average Bonchev–Trinajstić information content (AvgIpc) is 3.80. The molecule has 0 spiro atoms. The summed E-state index contributed by atoms with van der Waals surface area (Å²) >= 11 is 12.2. The summed E-state index contributed by atoms with van der Waals surface area (Å²) in [6, 6.07) is 15.7. The van der Waals surface area contributed by atoms with E-state index in [0.29, 0.717) is 11.8 Å². The molecule has 8 rings (SSSR count).